The molecule has 74 valence electrons. The molecule has 2 heterocycles. The molecule has 0 aliphatic rings. The molecule has 0 aromatic carbocycles. The van der Waals surface area contributed by atoms with Gasteiger partial charge in [-0.1, -0.05) is 26.8 Å². The van der Waals surface area contributed by atoms with Crippen LogP contribution in [0, 0.1) is 0 Å². The number of thiophene rings is 1. The predicted molar refractivity (Wildman–Crippen MR) is 60.6 cm³/mol. The molecule has 0 atom stereocenters. The maximum Gasteiger partial charge on any atom is 0.102 e. The molecule has 0 fully saturated rings. The SMILES string of the molecule is CC(C)(C)c1cc(-c2cccs2)n[nH]1. The number of aromatic nitrogens is 2. The Morgan fingerprint density at radius 3 is 2.64 bits per heavy atom. The monoisotopic (exact) mass is 206 g/mol. The minimum Gasteiger partial charge on any atom is -0.281 e. The smallest absolute Gasteiger partial charge is 0.102 e. The zero-order valence-corrected chi connectivity index (χ0v) is 9.48. The molecule has 0 saturated heterocycles. The molecular formula is C11H14N2S. The minimum atomic E-state index is 0.141. The van der Waals surface area contributed by atoms with Crippen LogP contribution in [-0.2, 0) is 5.41 Å². The van der Waals surface area contributed by atoms with Crippen molar-refractivity contribution in [2.75, 3.05) is 0 Å². The standard InChI is InChI=1S/C11H14N2S/c1-11(2,3)10-7-8(12-13-10)9-5-4-6-14-9/h4-7H,1-3H3,(H,12,13). The maximum absolute atomic E-state index is 4.31. The summed E-state index contributed by atoms with van der Waals surface area (Å²) in [6.45, 7) is 6.54. The molecule has 0 saturated carbocycles. The van der Waals surface area contributed by atoms with Crippen LogP contribution in [0.5, 0.6) is 0 Å². The van der Waals surface area contributed by atoms with Gasteiger partial charge in [0.1, 0.15) is 5.69 Å². The van der Waals surface area contributed by atoms with Crippen molar-refractivity contribution in [1.82, 2.24) is 10.2 Å². The molecule has 0 spiro atoms. The van der Waals surface area contributed by atoms with Gasteiger partial charge in [0.2, 0.25) is 0 Å². The first kappa shape index (κ1) is 9.46. The van der Waals surface area contributed by atoms with Crippen LogP contribution in [0.4, 0.5) is 0 Å². The van der Waals surface area contributed by atoms with Gasteiger partial charge in [-0.05, 0) is 17.5 Å². The second-order valence-corrected chi connectivity index (χ2v) is 5.34. The Labute approximate surface area is 88.0 Å². The number of hydrogen-bond acceptors (Lipinski definition) is 2. The van der Waals surface area contributed by atoms with Crippen LogP contribution in [0.15, 0.2) is 23.6 Å². The summed E-state index contributed by atoms with van der Waals surface area (Å²) in [7, 11) is 0. The Hall–Kier alpha value is -1.09. The fourth-order valence-electron chi connectivity index (χ4n) is 1.26. The van der Waals surface area contributed by atoms with E-state index in [1.165, 1.54) is 10.6 Å². The number of nitrogens with zero attached hydrogens (tertiary/aromatic N) is 1. The molecule has 2 aromatic heterocycles. The third-order valence-corrected chi connectivity index (χ3v) is 3.05. The molecular weight excluding hydrogens is 192 g/mol. The topological polar surface area (TPSA) is 28.7 Å². The zero-order chi connectivity index (χ0) is 10.2. The van der Waals surface area contributed by atoms with Gasteiger partial charge >= 0.3 is 0 Å². The molecule has 0 bridgehead atoms. The van der Waals surface area contributed by atoms with Gasteiger partial charge in [-0.25, -0.2) is 0 Å². The second kappa shape index (κ2) is 3.24. The van der Waals surface area contributed by atoms with E-state index in [2.05, 4.69) is 48.5 Å². The molecule has 3 heteroatoms. The fraction of sp³-hybridized carbons (Fsp3) is 0.364. The van der Waals surface area contributed by atoms with Crippen molar-refractivity contribution in [3.8, 4) is 10.6 Å². The highest BCUT2D eigenvalue weighted by atomic mass is 32.1. The van der Waals surface area contributed by atoms with Gasteiger partial charge in [0.05, 0.1) is 4.88 Å². The average molecular weight is 206 g/mol. The van der Waals surface area contributed by atoms with Gasteiger partial charge in [-0.15, -0.1) is 11.3 Å². The maximum atomic E-state index is 4.31. The lowest BCUT2D eigenvalue weighted by molar-refractivity contribution is 0.567. The number of rotatable bonds is 1. The molecule has 2 aromatic rings. The molecule has 2 rings (SSSR count). The summed E-state index contributed by atoms with van der Waals surface area (Å²) < 4.78 is 0. The van der Waals surface area contributed by atoms with Crippen molar-refractivity contribution in [2.24, 2.45) is 0 Å². The highest BCUT2D eigenvalue weighted by Crippen LogP contribution is 2.27. The van der Waals surface area contributed by atoms with Gasteiger partial charge < -0.3 is 0 Å². The lowest BCUT2D eigenvalue weighted by Crippen LogP contribution is -2.11. The van der Waals surface area contributed by atoms with Gasteiger partial charge in [-0.3, -0.25) is 5.10 Å². The van der Waals surface area contributed by atoms with Crippen molar-refractivity contribution in [3.05, 3.63) is 29.3 Å². The van der Waals surface area contributed by atoms with E-state index in [0.717, 1.165) is 5.69 Å². The normalized spacial score (nSPS) is 11.9. The molecule has 0 radical (unpaired) electrons. The molecule has 1 N–H and O–H groups in total. The van der Waals surface area contributed by atoms with Crippen LogP contribution >= 0.6 is 11.3 Å². The summed E-state index contributed by atoms with van der Waals surface area (Å²) >= 11 is 1.72. The second-order valence-electron chi connectivity index (χ2n) is 4.39. The Kier molecular flexibility index (Phi) is 2.19. The van der Waals surface area contributed by atoms with Crippen LogP contribution in [0.3, 0.4) is 0 Å². The van der Waals surface area contributed by atoms with E-state index in [9.17, 15) is 0 Å². The van der Waals surface area contributed by atoms with Crippen molar-refractivity contribution < 1.29 is 0 Å². The molecule has 0 unspecified atom stereocenters. The van der Waals surface area contributed by atoms with Gasteiger partial charge in [0.25, 0.3) is 0 Å². The van der Waals surface area contributed by atoms with E-state index in [0.29, 0.717) is 0 Å². The lowest BCUT2D eigenvalue weighted by Gasteiger charge is -2.14. The summed E-state index contributed by atoms with van der Waals surface area (Å²) in [5, 5.41) is 9.47. The van der Waals surface area contributed by atoms with Gasteiger partial charge in [0.15, 0.2) is 0 Å². The van der Waals surface area contributed by atoms with E-state index < -0.39 is 0 Å². The van der Waals surface area contributed by atoms with Gasteiger partial charge in [0, 0.05) is 11.1 Å². The van der Waals surface area contributed by atoms with Crippen LogP contribution in [0.2, 0.25) is 0 Å². The summed E-state index contributed by atoms with van der Waals surface area (Å²) in [5.41, 5.74) is 2.37. The zero-order valence-electron chi connectivity index (χ0n) is 8.66. The molecule has 0 amide bonds. The number of H-pyrrole nitrogens is 1. The quantitative estimate of drug-likeness (QED) is 0.760. The minimum absolute atomic E-state index is 0.141. The van der Waals surface area contributed by atoms with E-state index >= 15 is 0 Å². The first-order valence-electron chi connectivity index (χ1n) is 4.67. The Morgan fingerprint density at radius 2 is 2.14 bits per heavy atom. The van der Waals surface area contributed by atoms with Gasteiger partial charge in [-0.2, -0.15) is 5.10 Å². The third-order valence-electron chi connectivity index (χ3n) is 2.16. The van der Waals surface area contributed by atoms with E-state index in [4.69, 9.17) is 0 Å². The number of hydrogen-bond donors (Lipinski definition) is 1. The first-order chi connectivity index (χ1) is 6.57. The Morgan fingerprint density at radius 1 is 1.36 bits per heavy atom. The summed E-state index contributed by atoms with van der Waals surface area (Å²) in [6, 6.07) is 6.27. The predicted octanol–water partition coefficient (Wildman–Crippen LogP) is 3.44. The van der Waals surface area contributed by atoms with Crippen molar-refractivity contribution >= 4 is 11.3 Å². The molecule has 2 nitrogen and oxygen atoms in total. The van der Waals surface area contributed by atoms with Crippen LogP contribution in [-0.4, -0.2) is 10.2 Å². The fourth-order valence-corrected chi connectivity index (χ4v) is 1.94. The number of aromatic amines is 1. The highest BCUT2D eigenvalue weighted by molar-refractivity contribution is 7.13. The Balaban J connectivity index is 2.36. The van der Waals surface area contributed by atoms with Crippen LogP contribution < -0.4 is 0 Å². The third kappa shape index (κ3) is 1.73. The van der Waals surface area contributed by atoms with E-state index in [1.54, 1.807) is 11.3 Å². The summed E-state index contributed by atoms with van der Waals surface area (Å²) in [6.07, 6.45) is 0. The van der Waals surface area contributed by atoms with Crippen molar-refractivity contribution in [2.45, 2.75) is 26.2 Å². The largest absolute Gasteiger partial charge is 0.281 e. The Bertz CT molecular complexity index is 407. The van der Waals surface area contributed by atoms with E-state index in [-0.39, 0.29) is 5.41 Å². The molecule has 14 heavy (non-hydrogen) atoms. The first-order valence-corrected chi connectivity index (χ1v) is 5.55. The highest BCUT2D eigenvalue weighted by Gasteiger charge is 2.17. The lowest BCUT2D eigenvalue weighted by atomic mass is 9.92. The van der Waals surface area contributed by atoms with Crippen molar-refractivity contribution in [1.29, 1.82) is 0 Å². The molecule has 0 aliphatic carbocycles. The molecule has 0 aliphatic heterocycles. The average Bonchev–Trinajstić information content (AvgIpc) is 2.73. The van der Waals surface area contributed by atoms with Crippen LogP contribution in [0.25, 0.3) is 10.6 Å². The van der Waals surface area contributed by atoms with Crippen LogP contribution in [0.1, 0.15) is 26.5 Å². The van der Waals surface area contributed by atoms with Crippen molar-refractivity contribution in [3.63, 3.8) is 0 Å². The summed E-state index contributed by atoms with van der Waals surface area (Å²) in [5.74, 6) is 0. The number of nitrogens with one attached hydrogen (secondary N) is 1. The van der Waals surface area contributed by atoms with E-state index in [1.807, 2.05) is 6.07 Å². The summed E-state index contributed by atoms with van der Waals surface area (Å²) in [4.78, 5) is 1.22.